The molecule has 0 aromatic heterocycles. The van der Waals surface area contributed by atoms with Gasteiger partial charge in [0.05, 0.1) is 0 Å². The van der Waals surface area contributed by atoms with E-state index in [-0.39, 0.29) is 6.23 Å². The molecule has 0 aliphatic heterocycles. The Labute approximate surface area is 81.5 Å². The summed E-state index contributed by atoms with van der Waals surface area (Å²) in [5, 5.41) is 12.0. The van der Waals surface area contributed by atoms with Crippen molar-refractivity contribution in [3.05, 3.63) is 0 Å². The van der Waals surface area contributed by atoms with E-state index in [1.807, 2.05) is 6.92 Å². The van der Waals surface area contributed by atoms with Gasteiger partial charge in [-0.15, -0.1) is 0 Å². The van der Waals surface area contributed by atoms with Crippen molar-refractivity contribution in [2.24, 2.45) is 5.92 Å². The summed E-state index contributed by atoms with van der Waals surface area (Å²) in [5.41, 5.74) is 0. The zero-order chi connectivity index (χ0) is 10.3. The number of rotatable bonds is 7. The van der Waals surface area contributed by atoms with Gasteiger partial charge in [0, 0.05) is 6.61 Å². The quantitative estimate of drug-likeness (QED) is 0.599. The Kier molecular flexibility index (Phi) is 7.23. The van der Waals surface area contributed by atoms with Gasteiger partial charge in [-0.2, -0.15) is 0 Å². The highest BCUT2D eigenvalue weighted by molar-refractivity contribution is 4.54. The van der Waals surface area contributed by atoms with Crippen LogP contribution in [0.15, 0.2) is 0 Å². The van der Waals surface area contributed by atoms with E-state index in [4.69, 9.17) is 9.84 Å². The zero-order valence-electron chi connectivity index (χ0n) is 9.21. The van der Waals surface area contributed by atoms with E-state index in [9.17, 15) is 0 Å². The molecule has 2 atom stereocenters. The van der Waals surface area contributed by atoms with Gasteiger partial charge in [0.2, 0.25) is 0 Å². The summed E-state index contributed by atoms with van der Waals surface area (Å²) in [6.45, 7) is 8.85. The van der Waals surface area contributed by atoms with E-state index in [0.717, 1.165) is 19.4 Å². The molecule has 0 aromatic carbocycles. The third kappa shape index (κ3) is 8.22. The highest BCUT2D eigenvalue weighted by Crippen LogP contribution is 2.02. The number of nitrogens with one attached hydrogen (secondary N) is 1. The summed E-state index contributed by atoms with van der Waals surface area (Å²) in [7, 11) is 0. The Bertz CT molecular complexity index is 115. The predicted molar refractivity (Wildman–Crippen MR) is 54.3 cm³/mol. The second kappa shape index (κ2) is 7.30. The van der Waals surface area contributed by atoms with Gasteiger partial charge in [0.15, 0.2) is 0 Å². The lowest BCUT2D eigenvalue weighted by Crippen LogP contribution is -2.38. The van der Waals surface area contributed by atoms with E-state index < -0.39 is 6.23 Å². The molecule has 0 aromatic rings. The first-order chi connectivity index (χ1) is 6.06. The van der Waals surface area contributed by atoms with E-state index >= 15 is 0 Å². The summed E-state index contributed by atoms with van der Waals surface area (Å²) < 4.78 is 5.54. The maximum absolute atomic E-state index is 9.07. The monoisotopic (exact) mass is 189 g/mol. The van der Waals surface area contributed by atoms with Crippen LogP contribution in [0.5, 0.6) is 0 Å². The molecular weight excluding hydrogens is 166 g/mol. The number of aliphatic hydroxyl groups excluding tert-OH is 1. The van der Waals surface area contributed by atoms with Crippen LogP contribution >= 0.6 is 0 Å². The molecule has 80 valence electrons. The summed E-state index contributed by atoms with van der Waals surface area (Å²) in [4.78, 5) is 0. The summed E-state index contributed by atoms with van der Waals surface area (Å²) >= 11 is 0. The van der Waals surface area contributed by atoms with Crippen LogP contribution in [0.4, 0.5) is 0 Å². The van der Waals surface area contributed by atoms with Crippen molar-refractivity contribution in [1.29, 1.82) is 0 Å². The van der Waals surface area contributed by atoms with Crippen LogP contribution in [-0.4, -0.2) is 24.2 Å². The van der Waals surface area contributed by atoms with Gasteiger partial charge in [-0.05, 0) is 25.7 Å². The van der Waals surface area contributed by atoms with Gasteiger partial charge < -0.3 is 9.84 Å². The van der Waals surface area contributed by atoms with Crippen LogP contribution in [-0.2, 0) is 4.74 Å². The van der Waals surface area contributed by atoms with Crippen molar-refractivity contribution in [3.63, 3.8) is 0 Å². The fourth-order valence-corrected chi connectivity index (χ4v) is 0.999. The molecule has 3 heteroatoms. The van der Waals surface area contributed by atoms with Crippen LogP contribution in [0.25, 0.3) is 0 Å². The first kappa shape index (κ1) is 12.9. The third-order valence-electron chi connectivity index (χ3n) is 1.81. The second-order valence-electron chi connectivity index (χ2n) is 3.79. The molecule has 3 nitrogen and oxygen atoms in total. The Balaban J connectivity index is 3.48. The van der Waals surface area contributed by atoms with Gasteiger partial charge in [0.1, 0.15) is 12.5 Å². The molecule has 0 rings (SSSR count). The largest absolute Gasteiger partial charge is 0.379 e. The van der Waals surface area contributed by atoms with Crippen LogP contribution in [0.2, 0.25) is 0 Å². The van der Waals surface area contributed by atoms with E-state index in [1.54, 1.807) is 6.92 Å². The standard InChI is InChI=1S/C10H23NO2/c1-5-10(11-9(4)12)13-7-6-8(2)3/h8-12H,5-7H2,1-4H3. The highest BCUT2D eigenvalue weighted by atomic mass is 16.5. The summed E-state index contributed by atoms with van der Waals surface area (Å²) in [6, 6.07) is 0. The highest BCUT2D eigenvalue weighted by Gasteiger charge is 2.07. The smallest absolute Gasteiger partial charge is 0.109 e. The van der Waals surface area contributed by atoms with Gasteiger partial charge in [-0.3, -0.25) is 5.32 Å². The van der Waals surface area contributed by atoms with Gasteiger partial charge in [-0.25, -0.2) is 0 Å². The lowest BCUT2D eigenvalue weighted by Gasteiger charge is -2.20. The Morgan fingerprint density at radius 3 is 2.31 bits per heavy atom. The Morgan fingerprint density at radius 1 is 1.31 bits per heavy atom. The second-order valence-corrected chi connectivity index (χ2v) is 3.79. The molecule has 0 aliphatic rings. The molecular formula is C10H23NO2. The van der Waals surface area contributed by atoms with Crippen molar-refractivity contribution in [1.82, 2.24) is 5.32 Å². The van der Waals surface area contributed by atoms with Crippen molar-refractivity contribution in [2.75, 3.05) is 6.61 Å². The van der Waals surface area contributed by atoms with Gasteiger partial charge in [0.25, 0.3) is 0 Å². The maximum Gasteiger partial charge on any atom is 0.109 e. The minimum Gasteiger partial charge on any atom is -0.379 e. The van der Waals surface area contributed by atoms with Crippen LogP contribution in [0.1, 0.15) is 40.5 Å². The van der Waals surface area contributed by atoms with E-state index in [0.29, 0.717) is 5.92 Å². The number of hydrogen-bond acceptors (Lipinski definition) is 3. The van der Waals surface area contributed by atoms with E-state index in [1.165, 1.54) is 0 Å². The van der Waals surface area contributed by atoms with E-state index in [2.05, 4.69) is 19.2 Å². The lowest BCUT2D eigenvalue weighted by atomic mass is 10.1. The molecule has 2 unspecified atom stereocenters. The minimum atomic E-state index is -0.496. The Hall–Kier alpha value is -0.120. The topological polar surface area (TPSA) is 41.5 Å². The molecule has 0 amide bonds. The Morgan fingerprint density at radius 2 is 1.92 bits per heavy atom. The maximum atomic E-state index is 9.07. The fraction of sp³-hybridized carbons (Fsp3) is 1.00. The molecule has 13 heavy (non-hydrogen) atoms. The van der Waals surface area contributed by atoms with Gasteiger partial charge in [-0.1, -0.05) is 20.8 Å². The first-order valence-electron chi connectivity index (χ1n) is 5.12. The number of ether oxygens (including phenoxy) is 1. The lowest BCUT2D eigenvalue weighted by molar-refractivity contribution is -0.0152. The normalized spacial score (nSPS) is 16.2. The molecule has 0 heterocycles. The molecule has 0 saturated heterocycles. The SMILES string of the molecule is CCC(NC(C)O)OCCC(C)C. The predicted octanol–water partition coefficient (Wildman–Crippen LogP) is 1.71. The molecule has 0 fully saturated rings. The number of aliphatic hydroxyl groups is 1. The fourth-order valence-electron chi connectivity index (χ4n) is 0.999. The number of hydrogen-bond donors (Lipinski definition) is 2. The molecule has 0 radical (unpaired) electrons. The van der Waals surface area contributed by atoms with Crippen molar-refractivity contribution in [3.8, 4) is 0 Å². The first-order valence-corrected chi connectivity index (χ1v) is 5.12. The average Bonchev–Trinajstić information content (AvgIpc) is 2.01. The minimum absolute atomic E-state index is 0.0150. The van der Waals surface area contributed by atoms with Crippen LogP contribution in [0, 0.1) is 5.92 Å². The van der Waals surface area contributed by atoms with Crippen molar-refractivity contribution < 1.29 is 9.84 Å². The molecule has 0 aliphatic carbocycles. The summed E-state index contributed by atoms with van der Waals surface area (Å²) in [5.74, 6) is 0.670. The molecule has 0 spiro atoms. The van der Waals surface area contributed by atoms with Crippen molar-refractivity contribution >= 4 is 0 Å². The van der Waals surface area contributed by atoms with Gasteiger partial charge >= 0.3 is 0 Å². The van der Waals surface area contributed by atoms with Crippen molar-refractivity contribution in [2.45, 2.75) is 53.0 Å². The van der Waals surface area contributed by atoms with Crippen LogP contribution < -0.4 is 5.32 Å². The third-order valence-corrected chi connectivity index (χ3v) is 1.81. The molecule has 0 bridgehead atoms. The van der Waals surface area contributed by atoms with Crippen LogP contribution in [0.3, 0.4) is 0 Å². The zero-order valence-corrected chi connectivity index (χ0v) is 9.21. The molecule has 0 saturated carbocycles. The summed E-state index contributed by atoms with van der Waals surface area (Å²) in [6.07, 6.45) is 1.43. The average molecular weight is 189 g/mol. The molecule has 2 N–H and O–H groups in total.